The molecule has 0 aromatic rings. The lowest BCUT2D eigenvalue weighted by Gasteiger charge is -2.14. The molecule has 0 radical (unpaired) electrons. The van der Waals surface area contributed by atoms with Crippen LogP contribution >= 0.6 is 0 Å². The molecule has 2 atom stereocenters. The third-order valence-corrected chi connectivity index (χ3v) is 2.31. The lowest BCUT2D eigenvalue weighted by Crippen LogP contribution is -2.44. The number of ether oxygens (including phenoxy) is 1. The molecule has 0 aliphatic carbocycles. The minimum atomic E-state index is -1.43. The van der Waals surface area contributed by atoms with Gasteiger partial charge in [-0.2, -0.15) is 0 Å². The molecule has 20 heavy (non-hydrogen) atoms. The predicted octanol–water partition coefficient (Wildman–Crippen LogP) is -1.48. The van der Waals surface area contributed by atoms with Crippen LogP contribution in [0.4, 0.5) is 0 Å². The van der Waals surface area contributed by atoms with Gasteiger partial charge in [-0.15, -0.1) is 4.91 Å². The number of esters is 1. The van der Waals surface area contributed by atoms with Crippen LogP contribution in [-0.4, -0.2) is 48.1 Å². The number of nitrogens with zero attached hydrogens (tertiary/aromatic N) is 1. The number of rotatable bonds is 8. The molecule has 10 heteroatoms. The predicted molar refractivity (Wildman–Crippen MR) is 64.2 cm³/mol. The molecule has 2 unspecified atom stereocenters. The number of methoxy groups -OCH3 is 1. The zero-order chi connectivity index (χ0) is 15.7. The van der Waals surface area contributed by atoms with Gasteiger partial charge >= 0.3 is 17.8 Å². The number of aliphatic carboxylic acids is 1. The van der Waals surface area contributed by atoms with Crippen molar-refractivity contribution in [2.75, 3.05) is 7.11 Å². The number of carbonyl (C=O) groups excluding carboxylic acids is 3. The van der Waals surface area contributed by atoms with Gasteiger partial charge in [0.25, 0.3) is 0 Å². The Bertz CT molecular complexity index is 410. The van der Waals surface area contributed by atoms with E-state index in [1.807, 2.05) is 0 Å². The topological polar surface area (TPSA) is 165 Å². The van der Waals surface area contributed by atoms with E-state index in [0.717, 1.165) is 7.11 Å². The SMILES string of the molecule is COC(=O)CCC(NC(=O)CC(N)C(=O)N=O)C(=O)O. The highest BCUT2D eigenvalue weighted by atomic mass is 16.5. The molecule has 0 aliphatic rings. The van der Waals surface area contributed by atoms with Crippen molar-refractivity contribution in [3.05, 3.63) is 4.91 Å². The standard InChI is InChI=1S/C10H15N3O7/c1-20-8(15)3-2-6(10(17)18)12-7(14)4-5(11)9(16)13-19/h5-6H,2-4,11H2,1H3,(H,12,14)(H,17,18). The molecule has 0 aromatic carbocycles. The summed E-state index contributed by atoms with van der Waals surface area (Å²) in [6.07, 6.45) is -0.954. The fraction of sp³-hybridized carbons (Fsp3) is 0.600. The van der Waals surface area contributed by atoms with Gasteiger partial charge in [-0.1, -0.05) is 0 Å². The number of nitrogens with one attached hydrogen (secondary N) is 1. The van der Waals surface area contributed by atoms with Crippen LogP contribution in [0.1, 0.15) is 19.3 Å². The number of hydrogen-bond donors (Lipinski definition) is 3. The van der Waals surface area contributed by atoms with Gasteiger partial charge in [-0.05, 0) is 6.42 Å². The highest BCUT2D eigenvalue weighted by Gasteiger charge is 2.24. The number of nitroso groups, excluding NO2 is 1. The number of carboxylic acid groups (broad SMARTS) is 1. The monoisotopic (exact) mass is 289 g/mol. The molecular weight excluding hydrogens is 274 g/mol. The smallest absolute Gasteiger partial charge is 0.326 e. The molecule has 0 saturated heterocycles. The van der Waals surface area contributed by atoms with E-state index in [0.29, 0.717) is 0 Å². The highest BCUT2D eigenvalue weighted by Crippen LogP contribution is 2.01. The zero-order valence-corrected chi connectivity index (χ0v) is 10.7. The van der Waals surface area contributed by atoms with Crippen LogP contribution in [0.3, 0.4) is 0 Å². The van der Waals surface area contributed by atoms with Crippen molar-refractivity contribution in [2.45, 2.75) is 31.3 Å². The summed E-state index contributed by atoms with van der Waals surface area (Å²) in [6.45, 7) is 0. The first-order valence-corrected chi connectivity index (χ1v) is 5.53. The van der Waals surface area contributed by atoms with E-state index < -0.39 is 42.3 Å². The fourth-order valence-electron chi connectivity index (χ4n) is 1.23. The van der Waals surface area contributed by atoms with E-state index in [9.17, 15) is 24.1 Å². The van der Waals surface area contributed by atoms with E-state index in [2.05, 4.69) is 15.2 Å². The van der Waals surface area contributed by atoms with Crippen molar-refractivity contribution >= 4 is 23.8 Å². The zero-order valence-electron chi connectivity index (χ0n) is 10.7. The Morgan fingerprint density at radius 1 is 1.35 bits per heavy atom. The van der Waals surface area contributed by atoms with Crippen molar-refractivity contribution < 1.29 is 29.0 Å². The van der Waals surface area contributed by atoms with Crippen LogP contribution in [0.15, 0.2) is 5.18 Å². The van der Waals surface area contributed by atoms with Crippen LogP contribution < -0.4 is 11.1 Å². The molecular formula is C10H15N3O7. The van der Waals surface area contributed by atoms with Gasteiger partial charge < -0.3 is 20.9 Å². The van der Waals surface area contributed by atoms with Gasteiger partial charge in [0.1, 0.15) is 6.04 Å². The summed E-state index contributed by atoms with van der Waals surface area (Å²) in [4.78, 5) is 53.9. The minimum absolute atomic E-state index is 0.178. The van der Waals surface area contributed by atoms with Crippen molar-refractivity contribution in [3.8, 4) is 0 Å². The average molecular weight is 289 g/mol. The second-order valence-electron chi connectivity index (χ2n) is 3.81. The minimum Gasteiger partial charge on any atom is -0.480 e. The van der Waals surface area contributed by atoms with Gasteiger partial charge in [-0.3, -0.25) is 14.4 Å². The lowest BCUT2D eigenvalue weighted by atomic mass is 10.1. The summed E-state index contributed by atoms with van der Waals surface area (Å²) in [5, 5.41) is 13.0. The Morgan fingerprint density at radius 2 is 1.95 bits per heavy atom. The van der Waals surface area contributed by atoms with E-state index in [4.69, 9.17) is 10.8 Å². The van der Waals surface area contributed by atoms with E-state index in [1.165, 1.54) is 0 Å². The molecule has 0 fully saturated rings. The fourth-order valence-corrected chi connectivity index (χ4v) is 1.23. The van der Waals surface area contributed by atoms with Gasteiger partial charge in [-0.25, -0.2) is 4.79 Å². The summed E-state index contributed by atoms with van der Waals surface area (Å²) in [6, 6.07) is -2.75. The summed E-state index contributed by atoms with van der Waals surface area (Å²) in [7, 11) is 1.15. The molecule has 0 saturated carbocycles. The van der Waals surface area contributed by atoms with Crippen LogP contribution in [0.5, 0.6) is 0 Å². The second-order valence-corrected chi connectivity index (χ2v) is 3.81. The number of amides is 2. The van der Waals surface area contributed by atoms with Crippen LogP contribution in [0, 0.1) is 4.91 Å². The number of carbonyl (C=O) groups is 4. The summed E-state index contributed by atoms with van der Waals surface area (Å²) in [5.41, 5.74) is 5.20. The molecule has 0 bridgehead atoms. The molecule has 10 nitrogen and oxygen atoms in total. The van der Waals surface area contributed by atoms with Crippen molar-refractivity contribution in [1.29, 1.82) is 0 Å². The van der Waals surface area contributed by atoms with Gasteiger partial charge in [0, 0.05) is 11.6 Å². The molecule has 112 valence electrons. The Balaban J connectivity index is 4.41. The average Bonchev–Trinajstić information content (AvgIpc) is 2.41. The first-order valence-electron chi connectivity index (χ1n) is 5.53. The van der Waals surface area contributed by atoms with Gasteiger partial charge in [0.2, 0.25) is 5.91 Å². The molecule has 0 aromatic heterocycles. The third-order valence-electron chi connectivity index (χ3n) is 2.31. The number of nitrogens with two attached hydrogens (primary N) is 1. The second kappa shape index (κ2) is 8.69. The molecule has 0 heterocycles. The highest BCUT2D eigenvalue weighted by molar-refractivity contribution is 5.90. The molecule has 0 aliphatic heterocycles. The maximum Gasteiger partial charge on any atom is 0.326 e. The van der Waals surface area contributed by atoms with Gasteiger partial charge in [0.15, 0.2) is 0 Å². The number of carboxylic acids is 1. The summed E-state index contributed by atoms with van der Waals surface area (Å²) in [5.74, 6) is -4.02. The van der Waals surface area contributed by atoms with E-state index in [1.54, 1.807) is 0 Å². The van der Waals surface area contributed by atoms with Crippen molar-refractivity contribution in [1.82, 2.24) is 5.32 Å². The number of hydrogen-bond acceptors (Lipinski definition) is 7. The first-order chi connectivity index (χ1) is 9.31. The summed E-state index contributed by atoms with van der Waals surface area (Å²) >= 11 is 0. The molecule has 2 amide bonds. The van der Waals surface area contributed by atoms with Crippen molar-refractivity contribution in [2.24, 2.45) is 10.9 Å². The first kappa shape index (κ1) is 17.6. The van der Waals surface area contributed by atoms with Crippen LogP contribution in [0.2, 0.25) is 0 Å². The molecule has 0 rings (SSSR count). The Hall–Kier alpha value is -2.36. The normalized spacial score (nSPS) is 12.9. The summed E-state index contributed by atoms with van der Waals surface area (Å²) < 4.78 is 4.34. The maximum atomic E-state index is 11.4. The lowest BCUT2D eigenvalue weighted by molar-refractivity contribution is -0.144. The van der Waals surface area contributed by atoms with Crippen LogP contribution in [0.25, 0.3) is 0 Å². The van der Waals surface area contributed by atoms with Gasteiger partial charge in [0.05, 0.1) is 19.6 Å². The maximum absolute atomic E-state index is 11.4. The molecule has 4 N–H and O–H groups in total. The quantitative estimate of drug-likeness (QED) is 0.359. The Morgan fingerprint density at radius 3 is 2.40 bits per heavy atom. The Labute approximate surface area is 113 Å². The van der Waals surface area contributed by atoms with Crippen LogP contribution in [-0.2, 0) is 23.9 Å². The molecule has 0 spiro atoms. The Kier molecular flexibility index (Phi) is 7.67. The van der Waals surface area contributed by atoms with E-state index in [-0.39, 0.29) is 12.8 Å². The van der Waals surface area contributed by atoms with E-state index >= 15 is 0 Å². The largest absolute Gasteiger partial charge is 0.480 e. The van der Waals surface area contributed by atoms with Crippen molar-refractivity contribution in [3.63, 3.8) is 0 Å². The third kappa shape index (κ3) is 6.54.